The minimum absolute atomic E-state index is 0.336. The van der Waals surface area contributed by atoms with E-state index in [9.17, 15) is 10.4 Å². The molecule has 1 unspecified atom stereocenters. The van der Waals surface area contributed by atoms with Crippen LogP contribution in [0.25, 0.3) is 0 Å². The molecule has 1 aliphatic carbocycles. The van der Waals surface area contributed by atoms with Crippen molar-refractivity contribution >= 4 is 0 Å². The van der Waals surface area contributed by atoms with Crippen molar-refractivity contribution in [1.82, 2.24) is 0 Å². The molecule has 16 heavy (non-hydrogen) atoms. The summed E-state index contributed by atoms with van der Waals surface area (Å²) in [5.41, 5.74) is -1.01. The number of hydrogen-bond donors (Lipinski definition) is 1. The summed E-state index contributed by atoms with van der Waals surface area (Å²) >= 11 is 0. The van der Waals surface area contributed by atoms with Gasteiger partial charge in [-0.1, -0.05) is 27.2 Å². The first-order valence-corrected chi connectivity index (χ1v) is 6.42. The van der Waals surface area contributed by atoms with Gasteiger partial charge in [-0.3, -0.25) is 0 Å². The first kappa shape index (κ1) is 13.5. The van der Waals surface area contributed by atoms with E-state index >= 15 is 0 Å². The van der Waals surface area contributed by atoms with Crippen LogP contribution in [0.2, 0.25) is 0 Å². The lowest BCUT2D eigenvalue weighted by atomic mass is 9.58. The molecule has 0 amide bonds. The van der Waals surface area contributed by atoms with Crippen LogP contribution in [0.4, 0.5) is 0 Å². The van der Waals surface area contributed by atoms with Gasteiger partial charge in [-0.2, -0.15) is 5.26 Å². The van der Waals surface area contributed by atoms with Crippen LogP contribution in [0.3, 0.4) is 0 Å². The first-order chi connectivity index (χ1) is 7.29. The third kappa shape index (κ3) is 2.40. The number of aliphatic hydroxyl groups is 1. The lowest BCUT2D eigenvalue weighted by molar-refractivity contribution is -0.0772. The van der Waals surface area contributed by atoms with E-state index in [1.54, 1.807) is 0 Å². The molecular weight excluding hydrogens is 198 g/mol. The maximum absolute atomic E-state index is 10.5. The molecule has 1 saturated carbocycles. The van der Waals surface area contributed by atoms with Gasteiger partial charge in [0.2, 0.25) is 0 Å². The van der Waals surface area contributed by atoms with Crippen molar-refractivity contribution in [2.24, 2.45) is 10.8 Å². The molecule has 2 heteroatoms. The Balaban J connectivity index is 2.86. The van der Waals surface area contributed by atoms with Crippen molar-refractivity contribution in [3.05, 3.63) is 0 Å². The lowest BCUT2D eigenvalue weighted by Crippen LogP contribution is -2.48. The SMILES string of the molecule is CCCC(C)(O)C1(C#N)CCC(C)(C)CC1. The fourth-order valence-electron chi connectivity index (χ4n) is 2.85. The average molecular weight is 223 g/mol. The molecule has 1 aliphatic rings. The van der Waals surface area contributed by atoms with Crippen molar-refractivity contribution in [2.45, 2.75) is 71.8 Å². The van der Waals surface area contributed by atoms with Crippen LogP contribution in [-0.2, 0) is 0 Å². The van der Waals surface area contributed by atoms with E-state index in [0.29, 0.717) is 5.41 Å². The maximum atomic E-state index is 10.5. The monoisotopic (exact) mass is 223 g/mol. The molecule has 92 valence electrons. The van der Waals surface area contributed by atoms with Gasteiger partial charge in [-0.05, 0) is 44.4 Å². The van der Waals surface area contributed by atoms with Crippen molar-refractivity contribution < 1.29 is 5.11 Å². The Morgan fingerprint density at radius 2 is 1.75 bits per heavy atom. The molecule has 0 heterocycles. The van der Waals surface area contributed by atoms with Crippen molar-refractivity contribution in [2.75, 3.05) is 0 Å². The predicted molar refractivity (Wildman–Crippen MR) is 65.8 cm³/mol. The Morgan fingerprint density at radius 1 is 1.25 bits per heavy atom. The fourth-order valence-corrected chi connectivity index (χ4v) is 2.85. The molecule has 0 bridgehead atoms. The van der Waals surface area contributed by atoms with Crippen molar-refractivity contribution in [1.29, 1.82) is 5.26 Å². The van der Waals surface area contributed by atoms with E-state index in [4.69, 9.17) is 0 Å². The number of rotatable bonds is 3. The third-order valence-electron chi connectivity index (χ3n) is 4.44. The van der Waals surface area contributed by atoms with Gasteiger partial charge in [0.1, 0.15) is 0 Å². The van der Waals surface area contributed by atoms with Crippen molar-refractivity contribution in [3.63, 3.8) is 0 Å². The molecule has 1 rings (SSSR count). The molecule has 0 aromatic carbocycles. The summed E-state index contributed by atoms with van der Waals surface area (Å²) in [4.78, 5) is 0. The largest absolute Gasteiger partial charge is 0.389 e. The highest BCUT2D eigenvalue weighted by Gasteiger charge is 2.50. The van der Waals surface area contributed by atoms with Gasteiger partial charge in [-0.15, -0.1) is 0 Å². The van der Waals surface area contributed by atoms with E-state index in [0.717, 1.165) is 38.5 Å². The predicted octanol–water partition coefficient (Wildman–Crippen LogP) is 3.65. The van der Waals surface area contributed by atoms with Gasteiger partial charge >= 0.3 is 0 Å². The zero-order valence-electron chi connectivity index (χ0n) is 11.1. The summed E-state index contributed by atoms with van der Waals surface area (Å²) in [6.07, 6.45) is 5.41. The summed E-state index contributed by atoms with van der Waals surface area (Å²) in [5.74, 6) is 0. The second-order valence-electron chi connectivity index (χ2n) is 6.38. The van der Waals surface area contributed by atoms with Gasteiger partial charge in [0.05, 0.1) is 17.1 Å². The molecule has 0 radical (unpaired) electrons. The Kier molecular flexibility index (Phi) is 3.69. The maximum Gasteiger partial charge on any atom is 0.0857 e. The number of hydrogen-bond acceptors (Lipinski definition) is 2. The molecule has 0 aliphatic heterocycles. The van der Waals surface area contributed by atoms with Gasteiger partial charge in [0.25, 0.3) is 0 Å². The van der Waals surface area contributed by atoms with Crippen molar-refractivity contribution in [3.8, 4) is 6.07 Å². The topological polar surface area (TPSA) is 44.0 Å². The Hall–Kier alpha value is -0.550. The van der Waals surface area contributed by atoms with E-state index in [1.165, 1.54) is 0 Å². The fraction of sp³-hybridized carbons (Fsp3) is 0.929. The first-order valence-electron chi connectivity index (χ1n) is 6.42. The van der Waals surface area contributed by atoms with E-state index in [1.807, 2.05) is 6.92 Å². The van der Waals surface area contributed by atoms with Crippen LogP contribution in [0.1, 0.15) is 66.2 Å². The normalized spacial score (nSPS) is 26.8. The summed E-state index contributed by atoms with van der Waals surface area (Å²) in [5, 5.41) is 20.0. The van der Waals surface area contributed by atoms with Crippen LogP contribution in [0.5, 0.6) is 0 Å². The summed E-state index contributed by atoms with van der Waals surface area (Å²) in [7, 11) is 0. The highest BCUT2D eigenvalue weighted by atomic mass is 16.3. The van der Waals surface area contributed by atoms with Crippen LogP contribution in [0.15, 0.2) is 0 Å². The lowest BCUT2D eigenvalue weighted by Gasteiger charge is -2.47. The molecular formula is C14H25NO. The van der Waals surface area contributed by atoms with Gasteiger partial charge in [-0.25, -0.2) is 0 Å². The second-order valence-corrected chi connectivity index (χ2v) is 6.38. The van der Waals surface area contributed by atoms with E-state index in [-0.39, 0.29) is 0 Å². The van der Waals surface area contributed by atoms with E-state index < -0.39 is 11.0 Å². The van der Waals surface area contributed by atoms with Gasteiger partial charge in [0, 0.05) is 0 Å². The zero-order valence-corrected chi connectivity index (χ0v) is 11.1. The van der Waals surface area contributed by atoms with Crippen LogP contribution >= 0.6 is 0 Å². The summed E-state index contributed by atoms with van der Waals surface area (Å²) < 4.78 is 0. The van der Waals surface area contributed by atoms with E-state index in [2.05, 4.69) is 26.8 Å². The molecule has 0 spiro atoms. The Bertz CT molecular complexity index is 276. The summed E-state index contributed by atoms with van der Waals surface area (Å²) in [6, 6.07) is 2.43. The number of nitrogens with zero attached hydrogens (tertiary/aromatic N) is 1. The van der Waals surface area contributed by atoms with Gasteiger partial charge < -0.3 is 5.11 Å². The van der Waals surface area contributed by atoms with Crippen LogP contribution < -0.4 is 0 Å². The highest BCUT2D eigenvalue weighted by molar-refractivity contribution is 5.12. The molecule has 0 aromatic rings. The van der Waals surface area contributed by atoms with Crippen LogP contribution in [-0.4, -0.2) is 10.7 Å². The van der Waals surface area contributed by atoms with Crippen LogP contribution in [0, 0.1) is 22.2 Å². The second kappa shape index (κ2) is 4.37. The smallest absolute Gasteiger partial charge is 0.0857 e. The summed E-state index contributed by atoms with van der Waals surface area (Å²) in [6.45, 7) is 8.41. The number of nitriles is 1. The molecule has 1 atom stereocenters. The zero-order chi connectivity index (χ0) is 12.4. The molecule has 1 N–H and O–H groups in total. The Morgan fingerprint density at radius 3 is 2.12 bits per heavy atom. The Labute approximate surface area is 99.7 Å². The quantitative estimate of drug-likeness (QED) is 0.793. The molecule has 1 fully saturated rings. The minimum Gasteiger partial charge on any atom is -0.389 e. The molecule has 2 nitrogen and oxygen atoms in total. The standard InChI is InChI=1S/C14H25NO/c1-5-6-13(4,16)14(11-15)9-7-12(2,3)8-10-14/h16H,5-10H2,1-4H3. The molecule has 0 aromatic heterocycles. The highest BCUT2D eigenvalue weighted by Crippen LogP contribution is 2.51. The third-order valence-corrected chi connectivity index (χ3v) is 4.44. The minimum atomic E-state index is -0.826. The van der Waals surface area contributed by atoms with Gasteiger partial charge in [0.15, 0.2) is 0 Å². The molecule has 0 saturated heterocycles. The average Bonchev–Trinajstić information content (AvgIpc) is 2.18.